The van der Waals surface area contributed by atoms with E-state index in [4.69, 9.17) is 5.84 Å². The third-order valence-electron chi connectivity index (χ3n) is 4.22. The van der Waals surface area contributed by atoms with Crippen LogP contribution in [0.5, 0.6) is 0 Å². The molecule has 2 aromatic carbocycles. The summed E-state index contributed by atoms with van der Waals surface area (Å²) in [5, 5.41) is 8.60. The maximum Gasteiger partial charge on any atom is 0.269 e. The summed E-state index contributed by atoms with van der Waals surface area (Å²) >= 11 is 4.68. The summed E-state index contributed by atoms with van der Waals surface area (Å²) in [6.07, 6.45) is 0. The van der Waals surface area contributed by atoms with Gasteiger partial charge in [0.05, 0.1) is 5.56 Å². The van der Waals surface area contributed by atoms with Crippen LogP contribution in [0, 0.1) is 0 Å². The van der Waals surface area contributed by atoms with Crippen molar-refractivity contribution in [1.29, 1.82) is 0 Å². The van der Waals surface area contributed by atoms with Crippen molar-refractivity contribution in [3.05, 3.63) is 58.6 Å². The number of rotatable bonds is 5. The number of fused-ring (bicyclic) bond motifs is 1. The fraction of sp³-hybridized carbons (Fsp3) is 0.118. The number of amides is 1. The number of nitrogens with two attached hydrogens (primary N) is 1. The predicted octanol–water partition coefficient (Wildman–Crippen LogP) is 2.36. The van der Waals surface area contributed by atoms with Crippen LogP contribution in [0.15, 0.2) is 63.1 Å². The Labute approximate surface area is 173 Å². The molecule has 0 saturated carbocycles. The number of halogens is 1. The Morgan fingerprint density at radius 2 is 1.71 bits per heavy atom. The van der Waals surface area contributed by atoms with Crippen LogP contribution in [0.1, 0.15) is 10.4 Å². The molecule has 0 atom stereocenters. The van der Waals surface area contributed by atoms with Gasteiger partial charge in [-0.1, -0.05) is 52.0 Å². The Morgan fingerprint density at radius 1 is 1.04 bits per heavy atom. The second kappa shape index (κ2) is 7.22. The third kappa shape index (κ3) is 3.09. The minimum Gasteiger partial charge on any atom is -0.335 e. The number of thioether (sulfide) groups is 1. The van der Waals surface area contributed by atoms with Crippen LogP contribution in [0.4, 0.5) is 0 Å². The van der Waals surface area contributed by atoms with E-state index in [0.717, 1.165) is 14.3 Å². The van der Waals surface area contributed by atoms with E-state index in [9.17, 15) is 13.2 Å². The molecule has 144 valence electrons. The minimum atomic E-state index is -3.81. The van der Waals surface area contributed by atoms with Crippen molar-refractivity contribution in [2.75, 3.05) is 18.1 Å². The van der Waals surface area contributed by atoms with Crippen LogP contribution in [0.3, 0.4) is 0 Å². The molecule has 8 nitrogen and oxygen atoms in total. The van der Waals surface area contributed by atoms with Crippen molar-refractivity contribution in [1.82, 2.24) is 19.2 Å². The molecular formula is C17H14BrN5O3S2. The monoisotopic (exact) mass is 479 g/mol. The maximum absolute atomic E-state index is 12.6. The van der Waals surface area contributed by atoms with Crippen LogP contribution in [0.25, 0.3) is 11.4 Å². The maximum atomic E-state index is 12.6. The van der Waals surface area contributed by atoms with Gasteiger partial charge in [0.25, 0.3) is 15.9 Å². The number of aromatic nitrogens is 3. The van der Waals surface area contributed by atoms with E-state index in [1.165, 1.54) is 28.6 Å². The number of hydrogen-bond donors (Lipinski definition) is 1. The molecule has 0 bridgehead atoms. The first-order valence-corrected chi connectivity index (χ1v) is 11.4. The van der Waals surface area contributed by atoms with Gasteiger partial charge in [0.1, 0.15) is 4.90 Å². The summed E-state index contributed by atoms with van der Waals surface area (Å²) in [5.41, 5.74) is 0.989. The Balaban J connectivity index is 1.49. The number of benzene rings is 2. The van der Waals surface area contributed by atoms with Gasteiger partial charge in [-0.05, 0) is 24.3 Å². The first-order valence-electron chi connectivity index (χ1n) is 8.15. The zero-order chi connectivity index (χ0) is 19.9. The van der Waals surface area contributed by atoms with Crippen LogP contribution in [0.2, 0.25) is 0 Å². The van der Waals surface area contributed by atoms with E-state index in [2.05, 4.69) is 26.1 Å². The molecule has 0 saturated heterocycles. The second-order valence-corrected chi connectivity index (χ2v) is 9.63. The first kappa shape index (κ1) is 19.0. The summed E-state index contributed by atoms with van der Waals surface area (Å²) in [5.74, 6) is 6.36. The molecular weight excluding hydrogens is 466 g/mol. The summed E-state index contributed by atoms with van der Waals surface area (Å²) < 4.78 is 28.2. The molecule has 0 spiro atoms. The van der Waals surface area contributed by atoms with E-state index >= 15 is 0 Å². The van der Waals surface area contributed by atoms with Crippen molar-refractivity contribution in [2.24, 2.45) is 0 Å². The highest BCUT2D eigenvalue weighted by Crippen LogP contribution is 2.31. The number of nitrogen functional groups attached to an aromatic ring is 1. The average molecular weight is 480 g/mol. The van der Waals surface area contributed by atoms with Gasteiger partial charge in [0.15, 0.2) is 5.82 Å². The average Bonchev–Trinajstić information content (AvgIpc) is 3.13. The first-order chi connectivity index (χ1) is 13.4. The number of nitrogens with zero attached hydrogens (tertiary/aromatic N) is 4. The van der Waals surface area contributed by atoms with Gasteiger partial charge in [-0.2, -0.15) is 0 Å². The molecule has 2 N–H and O–H groups in total. The van der Waals surface area contributed by atoms with Gasteiger partial charge in [0.2, 0.25) is 5.16 Å². The van der Waals surface area contributed by atoms with Gasteiger partial charge in [-0.15, -0.1) is 10.2 Å². The largest absolute Gasteiger partial charge is 0.335 e. The zero-order valence-corrected chi connectivity index (χ0v) is 17.5. The zero-order valence-electron chi connectivity index (χ0n) is 14.3. The number of hydrogen-bond acceptors (Lipinski definition) is 7. The molecule has 3 aromatic rings. The van der Waals surface area contributed by atoms with Crippen LogP contribution in [-0.2, 0) is 10.0 Å². The quantitative estimate of drug-likeness (QED) is 0.441. The van der Waals surface area contributed by atoms with Crippen LogP contribution >= 0.6 is 27.7 Å². The molecule has 0 fully saturated rings. The molecule has 28 heavy (non-hydrogen) atoms. The lowest BCUT2D eigenvalue weighted by atomic mass is 10.2. The molecule has 0 aliphatic carbocycles. The van der Waals surface area contributed by atoms with E-state index in [0.29, 0.717) is 16.7 Å². The van der Waals surface area contributed by atoms with Gasteiger partial charge in [-0.25, -0.2) is 17.4 Å². The van der Waals surface area contributed by atoms with Gasteiger partial charge in [0, 0.05) is 22.3 Å². The van der Waals surface area contributed by atoms with E-state index in [-0.39, 0.29) is 17.0 Å². The minimum absolute atomic E-state index is 0.0116. The molecule has 1 amide bonds. The van der Waals surface area contributed by atoms with Gasteiger partial charge >= 0.3 is 0 Å². The smallest absolute Gasteiger partial charge is 0.269 e. The fourth-order valence-electron chi connectivity index (χ4n) is 2.87. The predicted molar refractivity (Wildman–Crippen MR) is 109 cm³/mol. The molecule has 0 radical (unpaired) electrons. The normalized spacial score (nSPS) is 15.0. The molecule has 4 rings (SSSR count). The number of sulfonamides is 1. The van der Waals surface area contributed by atoms with Crippen LogP contribution < -0.4 is 5.84 Å². The molecule has 11 heteroatoms. The lowest BCUT2D eigenvalue weighted by molar-refractivity contribution is 0.0876. The van der Waals surface area contributed by atoms with E-state index in [1.807, 2.05) is 24.3 Å². The lowest BCUT2D eigenvalue weighted by Gasteiger charge is -2.14. The third-order valence-corrected chi connectivity index (χ3v) is 7.67. The highest BCUT2D eigenvalue weighted by Gasteiger charge is 2.40. The van der Waals surface area contributed by atoms with E-state index in [1.54, 1.807) is 12.1 Å². The number of carbonyl (C=O) groups excluding carboxylic acids is 1. The summed E-state index contributed by atoms with van der Waals surface area (Å²) in [4.78, 5) is 12.5. The van der Waals surface area contributed by atoms with Crippen molar-refractivity contribution in [3.8, 4) is 11.4 Å². The summed E-state index contributed by atoms with van der Waals surface area (Å²) in [7, 11) is -3.81. The fourth-order valence-corrected chi connectivity index (χ4v) is 5.80. The Kier molecular flexibility index (Phi) is 4.89. The lowest BCUT2D eigenvalue weighted by Crippen LogP contribution is -2.32. The SMILES string of the molecule is Nn1c(SCCN2C(=O)c3ccccc3S2(=O)=O)nnc1-c1ccccc1Br. The van der Waals surface area contributed by atoms with Gasteiger partial charge < -0.3 is 5.84 Å². The summed E-state index contributed by atoms with van der Waals surface area (Å²) in [6, 6.07) is 13.7. The Hall–Kier alpha value is -2.37. The Bertz CT molecular complexity index is 1180. The van der Waals surface area contributed by atoms with Crippen molar-refractivity contribution in [3.63, 3.8) is 0 Å². The highest BCUT2D eigenvalue weighted by atomic mass is 79.9. The summed E-state index contributed by atoms with van der Waals surface area (Å²) in [6.45, 7) is 0.0116. The van der Waals surface area contributed by atoms with Crippen LogP contribution in [-0.4, -0.2) is 45.8 Å². The second-order valence-electron chi connectivity index (χ2n) is 5.88. The standard InChI is InChI=1S/C17H14BrN5O3S2/c18-13-7-3-1-5-11(13)15-20-21-17(23(15)19)27-10-9-22-16(24)12-6-2-4-8-14(12)28(22,25)26/h1-8H,9-10,19H2. The molecule has 0 unspecified atom stereocenters. The molecule has 1 aliphatic rings. The van der Waals surface area contributed by atoms with E-state index < -0.39 is 15.9 Å². The molecule has 1 aromatic heterocycles. The highest BCUT2D eigenvalue weighted by molar-refractivity contribution is 9.10. The molecule has 2 heterocycles. The topological polar surface area (TPSA) is 111 Å². The van der Waals surface area contributed by atoms with Crippen molar-refractivity contribution < 1.29 is 13.2 Å². The van der Waals surface area contributed by atoms with Crippen molar-refractivity contribution >= 4 is 43.6 Å². The number of carbonyl (C=O) groups is 1. The van der Waals surface area contributed by atoms with Gasteiger partial charge in [-0.3, -0.25) is 4.79 Å². The Morgan fingerprint density at radius 3 is 2.43 bits per heavy atom. The molecule has 1 aliphatic heterocycles. The van der Waals surface area contributed by atoms with Crippen molar-refractivity contribution in [2.45, 2.75) is 10.1 Å².